The van der Waals surface area contributed by atoms with Gasteiger partial charge in [0.2, 0.25) is 11.8 Å². The minimum absolute atomic E-state index is 0. The third-order valence-electron chi connectivity index (χ3n) is 3.86. The van der Waals surface area contributed by atoms with Crippen LogP contribution in [-0.4, -0.2) is 17.9 Å². The van der Waals surface area contributed by atoms with Gasteiger partial charge in [0.1, 0.15) is 0 Å². The van der Waals surface area contributed by atoms with Crippen molar-refractivity contribution >= 4 is 11.8 Å². The van der Waals surface area contributed by atoms with Crippen LogP contribution in [0.4, 0.5) is 0 Å². The molecule has 0 radical (unpaired) electrons. The number of unbranched alkanes of at least 4 members (excludes halogenated alkanes) is 1. The van der Waals surface area contributed by atoms with Crippen LogP contribution in [0.5, 0.6) is 0 Å². The van der Waals surface area contributed by atoms with Crippen molar-refractivity contribution < 1.29 is 12.4 Å². The van der Waals surface area contributed by atoms with Gasteiger partial charge in [0.25, 0.3) is 0 Å². The summed E-state index contributed by atoms with van der Waals surface area (Å²) < 4.78 is 0. The fraction of sp³-hybridized carbons (Fsp3) is 0.529. The van der Waals surface area contributed by atoms with Gasteiger partial charge in [-0.05, 0) is 31.4 Å². The largest absolute Gasteiger partial charge is 0.345 e. The molecule has 118 valence electrons. The van der Waals surface area contributed by atoms with E-state index in [9.17, 15) is 9.59 Å². The molecule has 0 spiro atoms. The second kappa shape index (κ2) is 7.25. The van der Waals surface area contributed by atoms with Crippen LogP contribution in [0.1, 0.15) is 48.8 Å². The predicted molar refractivity (Wildman–Crippen MR) is 87.5 cm³/mol. The maximum Gasteiger partial charge on any atom is 0.244 e. The van der Waals surface area contributed by atoms with Crippen LogP contribution in [-0.2, 0) is 9.59 Å². The Morgan fingerprint density at radius 1 is 1.38 bits per heavy atom. The summed E-state index contributed by atoms with van der Waals surface area (Å²) in [5.41, 5.74) is 1.98. The monoisotopic (exact) mass is 292 g/mol. The molecular formula is C17H28N2O2. The van der Waals surface area contributed by atoms with Crippen molar-refractivity contribution in [3.63, 3.8) is 0 Å². The summed E-state index contributed by atoms with van der Waals surface area (Å²) in [6.45, 7) is 4.13. The molecule has 2 amide bonds. The summed E-state index contributed by atoms with van der Waals surface area (Å²) in [5, 5.41) is 5.86. The highest BCUT2D eigenvalue weighted by Gasteiger charge is 2.29. The van der Waals surface area contributed by atoms with Crippen molar-refractivity contribution in [3.05, 3.63) is 35.6 Å². The van der Waals surface area contributed by atoms with E-state index in [2.05, 4.69) is 23.6 Å². The molecule has 0 saturated carbocycles. The third-order valence-corrected chi connectivity index (χ3v) is 3.86. The molecule has 2 aliphatic rings. The van der Waals surface area contributed by atoms with E-state index < -0.39 is 0 Å². The Bertz CT molecular complexity index is 513. The molecule has 2 rings (SSSR count). The van der Waals surface area contributed by atoms with Gasteiger partial charge in [-0.25, -0.2) is 0 Å². The van der Waals surface area contributed by atoms with Crippen molar-refractivity contribution in [1.29, 1.82) is 0 Å². The van der Waals surface area contributed by atoms with Crippen LogP contribution < -0.4 is 10.6 Å². The van der Waals surface area contributed by atoms with Crippen LogP contribution in [0.25, 0.3) is 0 Å². The highest BCUT2D eigenvalue weighted by Crippen LogP contribution is 2.29. The third kappa shape index (κ3) is 4.06. The molecule has 0 aromatic rings. The lowest BCUT2D eigenvalue weighted by Crippen LogP contribution is -2.44. The fourth-order valence-corrected chi connectivity index (χ4v) is 2.79. The van der Waals surface area contributed by atoms with Gasteiger partial charge in [-0.2, -0.15) is 0 Å². The second-order valence-electron chi connectivity index (χ2n) is 5.66. The number of amides is 2. The Kier molecular flexibility index (Phi) is 5.37. The summed E-state index contributed by atoms with van der Waals surface area (Å²) in [6, 6.07) is -0.0451. The first-order valence-electron chi connectivity index (χ1n) is 7.84. The Labute approximate surface area is 129 Å². The maximum absolute atomic E-state index is 11.8. The van der Waals surface area contributed by atoms with Gasteiger partial charge < -0.3 is 10.6 Å². The molecule has 2 N–H and O–H groups in total. The Morgan fingerprint density at radius 3 is 2.90 bits per heavy atom. The molecular weight excluding hydrogens is 264 g/mol. The van der Waals surface area contributed by atoms with Crippen molar-refractivity contribution in [2.75, 3.05) is 0 Å². The van der Waals surface area contributed by atoms with Crippen molar-refractivity contribution in [2.45, 2.75) is 52.0 Å². The fourth-order valence-electron chi connectivity index (χ4n) is 2.79. The average molecular weight is 292 g/mol. The smallest absolute Gasteiger partial charge is 0.244 e. The average Bonchev–Trinajstić information content (AvgIpc) is 2.44. The number of rotatable bonds is 6. The quantitative estimate of drug-likeness (QED) is 0.790. The molecule has 2 atom stereocenters. The Hall–Kier alpha value is -1.84. The molecule has 1 aliphatic carbocycles. The zero-order valence-corrected chi connectivity index (χ0v) is 12.8. The molecule has 21 heavy (non-hydrogen) atoms. The van der Waals surface area contributed by atoms with Gasteiger partial charge in [-0.15, -0.1) is 0 Å². The van der Waals surface area contributed by atoms with Gasteiger partial charge >= 0.3 is 0 Å². The standard InChI is InChI=1S/C17H24N2O2.2H2/c1-3-5-7-12-10-17(21)19-15-11-13(8-9-14(12)15)18-16(20)6-4-2;;/h8-11,14-15H,3-7H2,1-2H3,(H,18,20)(H,19,21);2*1H. The highest BCUT2D eigenvalue weighted by molar-refractivity contribution is 5.90. The molecule has 0 aromatic carbocycles. The van der Waals surface area contributed by atoms with E-state index >= 15 is 0 Å². The molecule has 0 bridgehead atoms. The zero-order valence-electron chi connectivity index (χ0n) is 12.8. The summed E-state index contributed by atoms with van der Waals surface area (Å²) >= 11 is 0. The van der Waals surface area contributed by atoms with Crippen molar-refractivity contribution in [2.24, 2.45) is 5.92 Å². The number of fused-ring (bicyclic) bond motifs is 1. The molecule has 0 saturated heterocycles. The van der Waals surface area contributed by atoms with E-state index in [1.165, 1.54) is 5.57 Å². The Morgan fingerprint density at radius 2 is 2.19 bits per heavy atom. The van der Waals surface area contributed by atoms with Gasteiger partial charge in [0.05, 0.1) is 6.04 Å². The molecule has 0 aromatic heterocycles. The van der Waals surface area contributed by atoms with E-state index in [0.29, 0.717) is 6.42 Å². The Balaban J connectivity index is 0.00000242. The second-order valence-corrected chi connectivity index (χ2v) is 5.66. The summed E-state index contributed by atoms with van der Waals surface area (Å²) in [7, 11) is 0. The van der Waals surface area contributed by atoms with Crippen LogP contribution in [0.15, 0.2) is 35.6 Å². The number of carbonyl (C=O) groups excluding carboxylic acids is 2. The summed E-state index contributed by atoms with van der Waals surface area (Å²) in [5.74, 6) is 0.213. The molecule has 0 fully saturated rings. The van der Waals surface area contributed by atoms with Gasteiger partial charge in [-0.1, -0.05) is 31.9 Å². The first-order chi connectivity index (χ1) is 10.1. The maximum atomic E-state index is 11.8. The molecule has 2 unspecified atom stereocenters. The van der Waals surface area contributed by atoms with Crippen LogP contribution in [0.3, 0.4) is 0 Å². The lowest BCUT2D eigenvalue weighted by Gasteiger charge is -2.32. The van der Waals surface area contributed by atoms with Gasteiger partial charge in [-0.3, -0.25) is 9.59 Å². The number of carbonyl (C=O) groups is 2. The van der Waals surface area contributed by atoms with Crippen LogP contribution in [0, 0.1) is 5.92 Å². The number of hydrogen-bond acceptors (Lipinski definition) is 2. The van der Waals surface area contributed by atoms with Gasteiger partial charge in [0.15, 0.2) is 0 Å². The van der Waals surface area contributed by atoms with Crippen LogP contribution >= 0.6 is 0 Å². The highest BCUT2D eigenvalue weighted by atomic mass is 16.2. The summed E-state index contributed by atoms with van der Waals surface area (Å²) in [4.78, 5) is 23.5. The lowest BCUT2D eigenvalue weighted by atomic mass is 9.82. The van der Waals surface area contributed by atoms with E-state index in [1.807, 2.05) is 19.1 Å². The summed E-state index contributed by atoms with van der Waals surface area (Å²) in [6.07, 6.45) is 12.3. The van der Waals surface area contributed by atoms with Crippen molar-refractivity contribution in [3.8, 4) is 0 Å². The molecule has 1 aliphatic heterocycles. The molecule has 4 heteroatoms. The minimum Gasteiger partial charge on any atom is -0.345 e. The lowest BCUT2D eigenvalue weighted by molar-refractivity contribution is -0.120. The molecule has 4 nitrogen and oxygen atoms in total. The normalized spacial score (nSPS) is 23.8. The van der Waals surface area contributed by atoms with Crippen LogP contribution in [0.2, 0.25) is 0 Å². The number of nitrogens with one attached hydrogen (secondary N) is 2. The van der Waals surface area contributed by atoms with E-state index in [-0.39, 0.29) is 26.6 Å². The number of allylic oxidation sites excluding steroid dienone is 1. The predicted octanol–water partition coefficient (Wildman–Crippen LogP) is 3.08. The topological polar surface area (TPSA) is 58.2 Å². The SMILES string of the molecule is CCCCC1=CC(=O)NC2C=C(NC(=O)CCC)C=CC12.[HH].[HH]. The molecule has 1 heterocycles. The first kappa shape index (κ1) is 15.5. The zero-order chi connectivity index (χ0) is 15.2. The van der Waals surface area contributed by atoms with E-state index in [0.717, 1.165) is 31.4 Å². The number of hydrogen-bond donors (Lipinski definition) is 2. The van der Waals surface area contributed by atoms with Gasteiger partial charge in [0, 0.05) is 27.0 Å². The van der Waals surface area contributed by atoms with Crippen molar-refractivity contribution in [1.82, 2.24) is 10.6 Å². The van der Waals surface area contributed by atoms with E-state index in [1.54, 1.807) is 6.08 Å². The minimum atomic E-state index is -0.0451. The van der Waals surface area contributed by atoms with E-state index in [4.69, 9.17) is 0 Å². The first-order valence-corrected chi connectivity index (χ1v) is 7.84.